The van der Waals surface area contributed by atoms with Crippen LogP contribution in [0.4, 0.5) is 0 Å². The molecule has 1 heterocycles. The molecule has 1 aromatic carbocycles. The smallest absolute Gasteiger partial charge is 0.257 e. The Morgan fingerprint density at radius 3 is 2.90 bits per heavy atom. The van der Waals surface area contributed by atoms with Crippen LogP contribution < -0.4 is 10.5 Å². The number of benzene rings is 1. The second-order valence-electron chi connectivity index (χ2n) is 6.07. The summed E-state index contributed by atoms with van der Waals surface area (Å²) in [6.07, 6.45) is 3.42. The van der Waals surface area contributed by atoms with Gasteiger partial charge >= 0.3 is 0 Å². The van der Waals surface area contributed by atoms with Gasteiger partial charge in [0, 0.05) is 24.2 Å². The van der Waals surface area contributed by atoms with E-state index in [4.69, 9.17) is 22.1 Å². The number of carbonyl (C=O) groups excluding carboxylic acids is 1. The van der Waals surface area contributed by atoms with Crippen molar-refractivity contribution in [2.75, 3.05) is 20.2 Å². The SMILES string of the molecule is COc1ccc(Cl)cc1C(=O)N1CC2CCCC(N)C2C1. The lowest BCUT2D eigenvalue weighted by atomic mass is 9.78. The predicted molar refractivity (Wildman–Crippen MR) is 82.7 cm³/mol. The Kier molecular flexibility index (Phi) is 4.09. The first kappa shape index (κ1) is 14.7. The maximum atomic E-state index is 12.8. The minimum absolute atomic E-state index is 0.00375. The highest BCUT2D eigenvalue weighted by atomic mass is 35.5. The third kappa shape index (κ3) is 2.74. The summed E-state index contributed by atoms with van der Waals surface area (Å²) in [7, 11) is 1.57. The van der Waals surface area contributed by atoms with E-state index in [9.17, 15) is 4.79 Å². The summed E-state index contributed by atoms with van der Waals surface area (Å²) in [5.74, 6) is 1.55. The number of likely N-dealkylation sites (tertiary alicyclic amines) is 1. The van der Waals surface area contributed by atoms with Crippen molar-refractivity contribution in [2.45, 2.75) is 25.3 Å². The summed E-state index contributed by atoms with van der Waals surface area (Å²) >= 11 is 6.02. The lowest BCUT2D eigenvalue weighted by Gasteiger charge is -2.29. The van der Waals surface area contributed by atoms with E-state index in [1.165, 1.54) is 12.8 Å². The molecule has 0 bridgehead atoms. The number of ether oxygens (including phenoxy) is 1. The number of halogens is 1. The monoisotopic (exact) mass is 308 g/mol. The fourth-order valence-electron chi connectivity index (χ4n) is 3.70. The van der Waals surface area contributed by atoms with Crippen LogP contribution in [0, 0.1) is 11.8 Å². The van der Waals surface area contributed by atoms with Gasteiger partial charge in [-0.1, -0.05) is 18.0 Å². The van der Waals surface area contributed by atoms with E-state index in [-0.39, 0.29) is 11.9 Å². The molecule has 5 heteroatoms. The van der Waals surface area contributed by atoms with E-state index in [0.717, 1.165) is 19.5 Å². The number of rotatable bonds is 2. The molecule has 2 N–H and O–H groups in total. The van der Waals surface area contributed by atoms with Crippen LogP contribution in [0.5, 0.6) is 5.75 Å². The standard InChI is InChI=1S/C16H21ClN2O2/c1-21-15-6-5-11(17)7-12(15)16(20)19-8-10-3-2-4-14(18)13(10)9-19/h5-7,10,13-14H,2-4,8-9,18H2,1H3. The Hall–Kier alpha value is -1.26. The molecule has 0 aromatic heterocycles. The lowest BCUT2D eigenvalue weighted by molar-refractivity contribution is 0.0780. The number of nitrogens with zero attached hydrogens (tertiary/aromatic N) is 1. The van der Waals surface area contributed by atoms with Crippen LogP contribution in [0.2, 0.25) is 5.02 Å². The second-order valence-corrected chi connectivity index (χ2v) is 6.51. The van der Waals surface area contributed by atoms with Crippen molar-refractivity contribution in [3.05, 3.63) is 28.8 Å². The van der Waals surface area contributed by atoms with Crippen molar-refractivity contribution in [3.8, 4) is 5.75 Å². The molecule has 1 saturated heterocycles. The van der Waals surface area contributed by atoms with Crippen LogP contribution in [-0.4, -0.2) is 37.0 Å². The highest BCUT2D eigenvalue weighted by Gasteiger charge is 2.40. The molecule has 0 radical (unpaired) electrons. The normalized spacial score (nSPS) is 28.3. The first-order valence-electron chi connectivity index (χ1n) is 7.48. The molecule has 1 aromatic rings. The Balaban J connectivity index is 1.82. The van der Waals surface area contributed by atoms with Crippen LogP contribution in [0.25, 0.3) is 0 Å². The minimum Gasteiger partial charge on any atom is -0.496 e. The van der Waals surface area contributed by atoms with Crippen LogP contribution in [0.3, 0.4) is 0 Å². The Bertz CT molecular complexity index is 549. The van der Waals surface area contributed by atoms with Crippen LogP contribution in [0.1, 0.15) is 29.6 Å². The van der Waals surface area contributed by atoms with E-state index < -0.39 is 0 Å². The molecule has 3 unspecified atom stereocenters. The van der Waals surface area contributed by atoms with Gasteiger partial charge in [0.2, 0.25) is 0 Å². The molecule has 114 valence electrons. The minimum atomic E-state index is -0.00375. The molecule has 2 fully saturated rings. The molecule has 4 nitrogen and oxygen atoms in total. The molecule has 3 rings (SSSR count). The van der Waals surface area contributed by atoms with Crippen molar-refractivity contribution in [3.63, 3.8) is 0 Å². The summed E-state index contributed by atoms with van der Waals surface area (Å²) < 4.78 is 5.29. The van der Waals surface area contributed by atoms with Gasteiger partial charge in [-0.2, -0.15) is 0 Å². The zero-order chi connectivity index (χ0) is 15.0. The molecule has 2 aliphatic rings. The van der Waals surface area contributed by atoms with Crippen molar-refractivity contribution in [1.29, 1.82) is 0 Å². The van der Waals surface area contributed by atoms with E-state index >= 15 is 0 Å². The van der Waals surface area contributed by atoms with Gasteiger partial charge in [-0.05, 0) is 42.9 Å². The highest BCUT2D eigenvalue weighted by molar-refractivity contribution is 6.31. The largest absolute Gasteiger partial charge is 0.496 e. The molecule has 1 aliphatic heterocycles. The van der Waals surface area contributed by atoms with Crippen LogP contribution in [-0.2, 0) is 0 Å². The Labute approximate surface area is 130 Å². The third-order valence-corrected chi connectivity index (χ3v) is 5.07. The molecular weight excluding hydrogens is 288 g/mol. The summed E-state index contributed by atoms with van der Waals surface area (Å²) in [6, 6.07) is 5.38. The number of methoxy groups -OCH3 is 1. The predicted octanol–water partition coefficient (Wildman–Crippen LogP) is 2.55. The zero-order valence-corrected chi connectivity index (χ0v) is 13.0. The van der Waals surface area contributed by atoms with Crippen molar-refractivity contribution < 1.29 is 9.53 Å². The topological polar surface area (TPSA) is 55.6 Å². The lowest BCUT2D eigenvalue weighted by Crippen LogP contribution is -2.38. The van der Waals surface area contributed by atoms with Gasteiger partial charge in [-0.3, -0.25) is 4.79 Å². The Morgan fingerprint density at radius 2 is 2.19 bits per heavy atom. The summed E-state index contributed by atoms with van der Waals surface area (Å²) in [6.45, 7) is 1.55. The van der Waals surface area contributed by atoms with Gasteiger partial charge in [0.05, 0.1) is 12.7 Å². The maximum absolute atomic E-state index is 12.8. The number of fused-ring (bicyclic) bond motifs is 1. The van der Waals surface area contributed by atoms with Gasteiger partial charge in [0.25, 0.3) is 5.91 Å². The van der Waals surface area contributed by atoms with Gasteiger partial charge in [0.1, 0.15) is 5.75 Å². The summed E-state index contributed by atoms with van der Waals surface area (Å²) in [4.78, 5) is 14.7. The molecule has 0 spiro atoms. The van der Waals surface area contributed by atoms with Crippen LogP contribution >= 0.6 is 11.6 Å². The zero-order valence-electron chi connectivity index (χ0n) is 12.2. The number of hydrogen-bond acceptors (Lipinski definition) is 3. The first-order chi connectivity index (χ1) is 10.1. The van der Waals surface area contributed by atoms with Crippen molar-refractivity contribution >= 4 is 17.5 Å². The van der Waals surface area contributed by atoms with Gasteiger partial charge < -0.3 is 15.4 Å². The van der Waals surface area contributed by atoms with Crippen molar-refractivity contribution in [2.24, 2.45) is 17.6 Å². The van der Waals surface area contributed by atoms with Gasteiger partial charge in [-0.25, -0.2) is 0 Å². The highest BCUT2D eigenvalue weighted by Crippen LogP contribution is 2.37. The number of nitrogens with two attached hydrogens (primary N) is 1. The van der Waals surface area contributed by atoms with Gasteiger partial charge in [0.15, 0.2) is 0 Å². The molecule has 21 heavy (non-hydrogen) atoms. The van der Waals surface area contributed by atoms with Crippen molar-refractivity contribution in [1.82, 2.24) is 4.90 Å². The van der Waals surface area contributed by atoms with Crippen LogP contribution in [0.15, 0.2) is 18.2 Å². The summed E-state index contributed by atoms with van der Waals surface area (Å²) in [5.41, 5.74) is 6.76. The summed E-state index contributed by atoms with van der Waals surface area (Å²) in [5, 5.41) is 0.549. The maximum Gasteiger partial charge on any atom is 0.257 e. The van der Waals surface area contributed by atoms with E-state index in [2.05, 4.69) is 0 Å². The second kappa shape index (κ2) is 5.85. The molecule has 3 atom stereocenters. The molecule has 1 saturated carbocycles. The van der Waals surface area contributed by atoms with E-state index in [0.29, 0.717) is 28.2 Å². The molecular formula is C16H21ClN2O2. The number of hydrogen-bond donors (Lipinski definition) is 1. The quantitative estimate of drug-likeness (QED) is 0.913. The number of carbonyl (C=O) groups is 1. The van der Waals surface area contributed by atoms with E-state index in [1.807, 2.05) is 4.90 Å². The first-order valence-corrected chi connectivity index (χ1v) is 7.86. The molecule has 1 amide bonds. The fourth-order valence-corrected chi connectivity index (χ4v) is 3.87. The third-order valence-electron chi connectivity index (χ3n) is 4.83. The Morgan fingerprint density at radius 1 is 1.38 bits per heavy atom. The average molecular weight is 309 g/mol. The molecule has 1 aliphatic carbocycles. The fraction of sp³-hybridized carbons (Fsp3) is 0.562. The number of amides is 1. The average Bonchev–Trinajstić information content (AvgIpc) is 2.92. The van der Waals surface area contributed by atoms with E-state index in [1.54, 1.807) is 25.3 Å². The van der Waals surface area contributed by atoms with Gasteiger partial charge in [-0.15, -0.1) is 0 Å².